The van der Waals surface area contributed by atoms with Crippen LogP contribution in [0.1, 0.15) is 36.1 Å². The molecule has 1 N–H and O–H groups in total. The SMILES string of the molecule is CCCNC(c1ccc(Cl)cc1C)c1cc(Cl)sc1Cl. The van der Waals surface area contributed by atoms with Gasteiger partial charge in [0.15, 0.2) is 0 Å². The van der Waals surface area contributed by atoms with Gasteiger partial charge in [-0.15, -0.1) is 11.3 Å². The van der Waals surface area contributed by atoms with Crippen LogP contribution in [-0.4, -0.2) is 6.54 Å². The van der Waals surface area contributed by atoms with E-state index in [9.17, 15) is 0 Å². The van der Waals surface area contributed by atoms with Crippen molar-refractivity contribution < 1.29 is 0 Å². The fourth-order valence-corrected chi connectivity index (χ4v) is 3.95. The number of halogens is 3. The fraction of sp³-hybridized carbons (Fsp3) is 0.333. The van der Waals surface area contributed by atoms with Crippen LogP contribution in [-0.2, 0) is 0 Å². The van der Waals surface area contributed by atoms with E-state index in [4.69, 9.17) is 34.8 Å². The number of benzene rings is 1. The van der Waals surface area contributed by atoms with Gasteiger partial charge in [0.05, 0.1) is 14.7 Å². The minimum absolute atomic E-state index is 0.0449. The van der Waals surface area contributed by atoms with Gasteiger partial charge in [0, 0.05) is 10.6 Å². The van der Waals surface area contributed by atoms with Crippen molar-refractivity contribution in [3.8, 4) is 0 Å². The molecule has 1 atom stereocenters. The van der Waals surface area contributed by atoms with Crippen LogP contribution in [0.4, 0.5) is 0 Å². The molecule has 2 rings (SSSR count). The van der Waals surface area contributed by atoms with Crippen LogP contribution in [0.3, 0.4) is 0 Å². The van der Waals surface area contributed by atoms with E-state index in [1.165, 1.54) is 16.9 Å². The molecule has 1 aromatic carbocycles. The van der Waals surface area contributed by atoms with Crippen LogP contribution in [0.25, 0.3) is 0 Å². The third-order valence-corrected chi connectivity index (χ3v) is 4.89. The van der Waals surface area contributed by atoms with E-state index in [1.54, 1.807) is 0 Å². The second-order valence-corrected chi connectivity index (χ2v) is 7.39. The first-order chi connectivity index (χ1) is 9.52. The molecule has 20 heavy (non-hydrogen) atoms. The number of thiophene rings is 1. The Labute approximate surface area is 138 Å². The number of rotatable bonds is 5. The number of nitrogens with one attached hydrogen (secondary N) is 1. The summed E-state index contributed by atoms with van der Waals surface area (Å²) in [6, 6.07) is 7.91. The number of aryl methyl sites for hydroxylation is 1. The Balaban J connectivity index is 2.44. The first kappa shape index (κ1) is 16.1. The maximum Gasteiger partial charge on any atom is 0.0995 e. The average Bonchev–Trinajstić information content (AvgIpc) is 2.71. The normalized spacial score (nSPS) is 12.7. The van der Waals surface area contributed by atoms with Crippen molar-refractivity contribution >= 4 is 46.1 Å². The van der Waals surface area contributed by atoms with Crippen molar-refractivity contribution in [1.29, 1.82) is 0 Å². The van der Waals surface area contributed by atoms with E-state index in [0.29, 0.717) is 4.34 Å². The summed E-state index contributed by atoms with van der Waals surface area (Å²) < 4.78 is 1.44. The summed E-state index contributed by atoms with van der Waals surface area (Å²) in [5.74, 6) is 0. The van der Waals surface area contributed by atoms with Gasteiger partial charge < -0.3 is 5.32 Å². The Morgan fingerprint density at radius 1 is 1.15 bits per heavy atom. The minimum Gasteiger partial charge on any atom is -0.306 e. The first-order valence-corrected chi connectivity index (χ1v) is 8.42. The van der Waals surface area contributed by atoms with Gasteiger partial charge in [-0.2, -0.15) is 0 Å². The van der Waals surface area contributed by atoms with E-state index in [0.717, 1.165) is 33.5 Å². The molecule has 0 aliphatic rings. The first-order valence-electron chi connectivity index (χ1n) is 6.47. The largest absolute Gasteiger partial charge is 0.306 e. The highest BCUT2D eigenvalue weighted by Crippen LogP contribution is 2.38. The molecule has 0 bridgehead atoms. The molecule has 0 amide bonds. The minimum atomic E-state index is 0.0449. The fourth-order valence-electron chi connectivity index (χ4n) is 2.19. The van der Waals surface area contributed by atoms with Gasteiger partial charge in [-0.25, -0.2) is 0 Å². The summed E-state index contributed by atoms with van der Waals surface area (Å²) >= 11 is 19.8. The average molecular weight is 349 g/mol. The van der Waals surface area contributed by atoms with Gasteiger partial charge in [0.25, 0.3) is 0 Å². The van der Waals surface area contributed by atoms with Crippen molar-refractivity contribution in [2.45, 2.75) is 26.3 Å². The summed E-state index contributed by atoms with van der Waals surface area (Å²) in [7, 11) is 0. The summed E-state index contributed by atoms with van der Waals surface area (Å²) in [6.07, 6.45) is 1.05. The van der Waals surface area contributed by atoms with E-state index < -0.39 is 0 Å². The smallest absolute Gasteiger partial charge is 0.0995 e. The number of hydrogen-bond donors (Lipinski definition) is 1. The molecular weight excluding hydrogens is 333 g/mol. The standard InChI is InChI=1S/C15H16Cl3NS/c1-3-6-19-14(12-8-13(17)20-15(12)18)11-5-4-10(16)7-9(11)2/h4-5,7-8,14,19H,3,6H2,1-2H3. The second kappa shape index (κ2) is 7.15. The second-order valence-electron chi connectivity index (χ2n) is 4.67. The quantitative estimate of drug-likeness (QED) is 0.687. The van der Waals surface area contributed by atoms with Gasteiger partial charge in [-0.1, -0.05) is 47.8 Å². The van der Waals surface area contributed by atoms with Gasteiger partial charge in [-0.05, 0) is 49.2 Å². The van der Waals surface area contributed by atoms with Crippen molar-refractivity contribution in [3.63, 3.8) is 0 Å². The van der Waals surface area contributed by atoms with Crippen molar-refractivity contribution in [2.24, 2.45) is 0 Å². The molecule has 0 saturated heterocycles. The molecule has 0 fully saturated rings. The van der Waals surface area contributed by atoms with E-state index in [2.05, 4.69) is 19.2 Å². The highest BCUT2D eigenvalue weighted by atomic mass is 35.5. The van der Waals surface area contributed by atoms with Gasteiger partial charge >= 0.3 is 0 Å². The molecular formula is C15H16Cl3NS. The Morgan fingerprint density at radius 2 is 1.90 bits per heavy atom. The number of hydrogen-bond acceptors (Lipinski definition) is 2. The van der Waals surface area contributed by atoms with E-state index in [1.807, 2.05) is 24.3 Å². The molecule has 1 unspecified atom stereocenters. The zero-order chi connectivity index (χ0) is 14.7. The van der Waals surface area contributed by atoms with Crippen molar-refractivity contribution in [3.05, 3.63) is 54.7 Å². The lowest BCUT2D eigenvalue weighted by molar-refractivity contribution is 0.598. The Bertz CT molecular complexity index is 595. The van der Waals surface area contributed by atoms with Crippen molar-refractivity contribution in [1.82, 2.24) is 5.32 Å². The molecule has 108 valence electrons. The van der Waals surface area contributed by atoms with Crippen molar-refractivity contribution in [2.75, 3.05) is 6.54 Å². The summed E-state index contributed by atoms with van der Waals surface area (Å²) in [6.45, 7) is 5.11. The third-order valence-electron chi connectivity index (χ3n) is 3.14. The van der Waals surface area contributed by atoms with Crippen LogP contribution in [0.2, 0.25) is 13.7 Å². The van der Waals surface area contributed by atoms with Crippen LogP contribution >= 0.6 is 46.1 Å². The maximum absolute atomic E-state index is 6.32. The van der Waals surface area contributed by atoms with Crippen LogP contribution < -0.4 is 5.32 Å². The lowest BCUT2D eigenvalue weighted by Gasteiger charge is -2.21. The molecule has 0 aliphatic heterocycles. The van der Waals surface area contributed by atoms with Crippen LogP contribution in [0.5, 0.6) is 0 Å². The zero-order valence-corrected chi connectivity index (χ0v) is 14.4. The maximum atomic E-state index is 6.32. The molecule has 1 nitrogen and oxygen atoms in total. The van der Waals surface area contributed by atoms with Crippen LogP contribution in [0.15, 0.2) is 24.3 Å². The Kier molecular flexibility index (Phi) is 5.76. The predicted octanol–water partition coefficient (Wildman–Crippen LogP) is 6.11. The summed E-state index contributed by atoms with van der Waals surface area (Å²) in [5, 5.41) is 4.28. The third kappa shape index (κ3) is 3.69. The molecule has 0 saturated carbocycles. The lowest BCUT2D eigenvalue weighted by atomic mass is 9.96. The molecule has 1 heterocycles. The zero-order valence-electron chi connectivity index (χ0n) is 11.3. The van der Waals surface area contributed by atoms with E-state index in [-0.39, 0.29) is 6.04 Å². The summed E-state index contributed by atoms with van der Waals surface area (Å²) in [4.78, 5) is 0. The van der Waals surface area contributed by atoms with Gasteiger partial charge in [-0.3, -0.25) is 0 Å². The Morgan fingerprint density at radius 3 is 2.45 bits per heavy atom. The summed E-state index contributed by atoms with van der Waals surface area (Å²) in [5.41, 5.74) is 3.35. The molecule has 0 radical (unpaired) electrons. The van der Waals surface area contributed by atoms with Gasteiger partial charge in [0.1, 0.15) is 0 Å². The Hall–Kier alpha value is -0.250. The molecule has 0 spiro atoms. The molecule has 5 heteroatoms. The molecule has 0 aliphatic carbocycles. The van der Waals surface area contributed by atoms with Gasteiger partial charge in [0.2, 0.25) is 0 Å². The monoisotopic (exact) mass is 347 g/mol. The highest BCUT2D eigenvalue weighted by molar-refractivity contribution is 7.20. The topological polar surface area (TPSA) is 12.0 Å². The highest BCUT2D eigenvalue weighted by Gasteiger charge is 2.20. The lowest BCUT2D eigenvalue weighted by Crippen LogP contribution is -2.23. The molecule has 2 aromatic rings. The van der Waals surface area contributed by atoms with E-state index >= 15 is 0 Å². The predicted molar refractivity (Wildman–Crippen MR) is 90.7 cm³/mol. The molecule has 1 aromatic heterocycles. The van der Waals surface area contributed by atoms with Crippen LogP contribution in [0, 0.1) is 6.92 Å².